The number of benzene rings is 1. The minimum atomic E-state index is -0.218. The van der Waals surface area contributed by atoms with Crippen molar-refractivity contribution in [2.24, 2.45) is 5.92 Å². The standard InChI is InChI=1S/C22H33NO3/c1-21(2,3)17-12-16(23-20(25)15-10-8-7-9-11-15)13-18(22(4,5)6)19(17)26-14-24/h12-15H,7-11H2,1-6H3,(H,23,25). The van der Waals surface area contributed by atoms with Crippen molar-refractivity contribution in [1.82, 2.24) is 0 Å². The lowest BCUT2D eigenvalue weighted by atomic mass is 9.79. The lowest BCUT2D eigenvalue weighted by Crippen LogP contribution is -2.26. The van der Waals surface area contributed by atoms with E-state index in [1.165, 1.54) is 6.42 Å². The molecule has 1 N–H and O–H groups in total. The zero-order valence-electron chi connectivity index (χ0n) is 17.1. The number of amides is 1. The maximum Gasteiger partial charge on any atom is 0.298 e. The van der Waals surface area contributed by atoms with Gasteiger partial charge in [0.1, 0.15) is 5.75 Å². The van der Waals surface area contributed by atoms with Gasteiger partial charge in [-0.25, -0.2) is 0 Å². The predicted octanol–water partition coefficient (Wildman–Crippen LogP) is 5.34. The van der Waals surface area contributed by atoms with Crippen molar-refractivity contribution in [3.05, 3.63) is 23.3 Å². The summed E-state index contributed by atoms with van der Waals surface area (Å²) in [5, 5.41) is 3.12. The molecule has 4 heteroatoms. The topological polar surface area (TPSA) is 55.4 Å². The van der Waals surface area contributed by atoms with Gasteiger partial charge in [0.05, 0.1) is 0 Å². The number of anilines is 1. The number of carbonyl (C=O) groups excluding carboxylic acids is 2. The second-order valence-corrected chi connectivity index (χ2v) is 9.44. The van der Waals surface area contributed by atoms with Crippen LogP contribution in [0.15, 0.2) is 12.1 Å². The van der Waals surface area contributed by atoms with E-state index >= 15 is 0 Å². The summed E-state index contributed by atoms with van der Waals surface area (Å²) in [4.78, 5) is 23.8. The molecule has 0 unspecified atom stereocenters. The Balaban J connectivity index is 2.46. The van der Waals surface area contributed by atoms with Crippen LogP contribution in [0.25, 0.3) is 0 Å². The Morgan fingerprint density at radius 1 is 1.00 bits per heavy atom. The monoisotopic (exact) mass is 359 g/mol. The first-order valence-electron chi connectivity index (χ1n) is 9.64. The highest BCUT2D eigenvalue weighted by Crippen LogP contribution is 2.42. The van der Waals surface area contributed by atoms with Crippen molar-refractivity contribution in [1.29, 1.82) is 0 Å². The maximum absolute atomic E-state index is 12.7. The van der Waals surface area contributed by atoms with Gasteiger partial charge in [-0.1, -0.05) is 60.8 Å². The molecular formula is C22H33NO3. The summed E-state index contributed by atoms with van der Waals surface area (Å²) in [5.74, 6) is 0.815. The van der Waals surface area contributed by atoms with Crippen molar-refractivity contribution in [3.8, 4) is 5.75 Å². The van der Waals surface area contributed by atoms with E-state index < -0.39 is 0 Å². The van der Waals surface area contributed by atoms with Crippen LogP contribution in [0.1, 0.15) is 84.8 Å². The maximum atomic E-state index is 12.7. The normalized spacial score (nSPS) is 16.2. The number of carbonyl (C=O) groups is 2. The quantitative estimate of drug-likeness (QED) is 0.739. The minimum absolute atomic E-state index is 0.103. The van der Waals surface area contributed by atoms with Crippen LogP contribution in [0.4, 0.5) is 5.69 Å². The van der Waals surface area contributed by atoms with Gasteiger partial charge in [-0.3, -0.25) is 9.59 Å². The van der Waals surface area contributed by atoms with Crippen molar-refractivity contribution in [2.45, 2.75) is 84.5 Å². The van der Waals surface area contributed by atoms with Gasteiger partial charge >= 0.3 is 0 Å². The zero-order chi connectivity index (χ0) is 19.5. The summed E-state index contributed by atoms with van der Waals surface area (Å²) >= 11 is 0. The molecule has 0 bridgehead atoms. The molecule has 4 nitrogen and oxygen atoms in total. The van der Waals surface area contributed by atoms with Crippen LogP contribution in [0.3, 0.4) is 0 Å². The van der Waals surface area contributed by atoms with Gasteiger partial charge in [0.2, 0.25) is 5.91 Å². The molecule has 1 aromatic rings. The molecule has 1 amide bonds. The Bertz CT molecular complexity index is 624. The van der Waals surface area contributed by atoms with Crippen LogP contribution in [0.2, 0.25) is 0 Å². The van der Waals surface area contributed by atoms with Crippen LogP contribution in [0.5, 0.6) is 5.75 Å². The highest BCUT2D eigenvalue weighted by molar-refractivity contribution is 5.93. The van der Waals surface area contributed by atoms with E-state index in [9.17, 15) is 9.59 Å². The first-order valence-corrected chi connectivity index (χ1v) is 9.64. The molecule has 1 saturated carbocycles. The smallest absolute Gasteiger partial charge is 0.298 e. The van der Waals surface area contributed by atoms with Crippen LogP contribution in [-0.2, 0) is 20.4 Å². The number of hydrogen-bond acceptors (Lipinski definition) is 3. The van der Waals surface area contributed by atoms with Crippen LogP contribution < -0.4 is 10.1 Å². The van der Waals surface area contributed by atoms with E-state index in [1.54, 1.807) is 0 Å². The first kappa shape index (κ1) is 20.5. The Labute approximate surface area is 157 Å². The molecule has 1 aliphatic carbocycles. The van der Waals surface area contributed by atoms with E-state index in [2.05, 4.69) is 46.9 Å². The molecule has 0 heterocycles. The average Bonchev–Trinajstić information content (AvgIpc) is 2.55. The average molecular weight is 360 g/mol. The fraction of sp³-hybridized carbons (Fsp3) is 0.636. The molecule has 26 heavy (non-hydrogen) atoms. The Hall–Kier alpha value is -1.84. The van der Waals surface area contributed by atoms with Crippen molar-refractivity contribution in [3.63, 3.8) is 0 Å². The molecule has 2 rings (SSSR count). The summed E-state index contributed by atoms with van der Waals surface area (Å²) in [7, 11) is 0. The van der Waals surface area contributed by atoms with Crippen LogP contribution >= 0.6 is 0 Å². The summed E-state index contributed by atoms with van der Waals surface area (Å²) in [6.07, 6.45) is 5.42. The second-order valence-electron chi connectivity index (χ2n) is 9.44. The van der Waals surface area contributed by atoms with Gasteiger partial charge in [0.15, 0.2) is 0 Å². The summed E-state index contributed by atoms with van der Waals surface area (Å²) in [6.45, 7) is 13.0. The SMILES string of the molecule is CC(C)(C)c1cc(NC(=O)C2CCCCC2)cc(C(C)(C)C)c1OC=O. The molecule has 1 aliphatic rings. The fourth-order valence-corrected chi connectivity index (χ4v) is 3.60. The number of rotatable bonds is 4. The number of ether oxygens (including phenoxy) is 1. The molecule has 0 spiro atoms. The Kier molecular flexibility index (Phi) is 6.15. The molecule has 1 aromatic carbocycles. The highest BCUT2D eigenvalue weighted by atomic mass is 16.5. The largest absolute Gasteiger partial charge is 0.428 e. The molecule has 1 fully saturated rings. The Morgan fingerprint density at radius 2 is 1.50 bits per heavy atom. The van der Waals surface area contributed by atoms with E-state index in [0.29, 0.717) is 12.2 Å². The van der Waals surface area contributed by atoms with Gasteiger partial charge in [-0.05, 0) is 35.8 Å². The number of nitrogens with one attached hydrogen (secondary N) is 1. The highest BCUT2D eigenvalue weighted by Gasteiger charge is 2.29. The summed E-state index contributed by atoms with van der Waals surface area (Å²) in [5.41, 5.74) is 2.20. The third-order valence-corrected chi connectivity index (χ3v) is 5.11. The second kappa shape index (κ2) is 7.81. The Morgan fingerprint density at radius 3 is 1.92 bits per heavy atom. The zero-order valence-corrected chi connectivity index (χ0v) is 17.1. The van der Waals surface area contributed by atoms with Gasteiger partial charge in [0.25, 0.3) is 6.47 Å². The summed E-state index contributed by atoms with van der Waals surface area (Å²) in [6, 6.07) is 3.91. The van der Waals surface area contributed by atoms with Gasteiger partial charge in [-0.15, -0.1) is 0 Å². The predicted molar refractivity (Wildman–Crippen MR) is 106 cm³/mol. The third-order valence-electron chi connectivity index (χ3n) is 5.11. The van der Waals surface area contributed by atoms with E-state index in [4.69, 9.17) is 4.74 Å². The lowest BCUT2D eigenvalue weighted by molar-refractivity contribution is -0.121. The molecule has 144 valence electrons. The molecule has 0 saturated heterocycles. The van der Waals surface area contributed by atoms with Gasteiger partial charge in [-0.2, -0.15) is 0 Å². The minimum Gasteiger partial charge on any atom is -0.428 e. The van der Waals surface area contributed by atoms with Crippen LogP contribution in [0, 0.1) is 5.92 Å². The fourth-order valence-electron chi connectivity index (χ4n) is 3.60. The van der Waals surface area contributed by atoms with Crippen molar-refractivity contribution >= 4 is 18.1 Å². The number of hydrogen-bond donors (Lipinski definition) is 1. The first-order chi connectivity index (χ1) is 12.0. The molecule has 0 aromatic heterocycles. The van der Waals surface area contributed by atoms with E-state index in [-0.39, 0.29) is 22.7 Å². The molecular weight excluding hydrogens is 326 g/mol. The van der Waals surface area contributed by atoms with E-state index in [0.717, 1.165) is 42.5 Å². The van der Waals surface area contributed by atoms with Crippen molar-refractivity contribution in [2.75, 3.05) is 5.32 Å². The summed E-state index contributed by atoms with van der Waals surface area (Å²) < 4.78 is 5.40. The molecule has 0 atom stereocenters. The third kappa shape index (κ3) is 4.87. The molecule has 0 aliphatic heterocycles. The molecule has 0 radical (unpaired) electrons. The van der Waals surface area contributed by atoms with Gasteiger partial charge < -0.3 is 10.1 Å². The lowest BCUT2D eigenvalue weighted by Gasteiger charge is -2.30. The van der Waals surface area contributed by atoms with E-state index in [1.807, 2.05) is 12.1 Å². The van der Waals surface area contributed by atoms with Gasteiger partial charge in [0, 0.05) is 22.7 Å². The van der Waals surface area contributed by atoms with Crippen molar-refractivity contribution < 1.29 is 14.3 Å². The van der Waals surface area contributed by atoms with Crippen LogP contribution in [-0.4, -0.2) is 12.4 Å².